The summed E-state index contributed by atoms with van der Waals surface area (Å²) in [7, 11) is 0. The lowest BCUT2D eigenvalue weighted by Gasteiger charge is -2.23. The van der Waals surface area contributed by atoms with Crippen molar-refractivity contribution >= 4 is 17.7 Å². The van der Waals surface area contributed by atoms with Crippen molar-refractivity contribution in [2.75, 3.05) is 24.6 Å². The molecule has 0 spiro atoms. The van der Waals surface area contributed by atoms with E-state index in [1.165, 1.54) is 0 Å². The van der Waals surface area contributed by atoms with Gasteiger partial charge in [0.1, 0.15) is 12.3 Å². The molecule has 1 fully saturated rings. The number of hydrogen-bond acceptors (Lipinski definition) is 4. The lowest BCUT2D eigenvalue weighted by Crippen LogP contribution is -2.47. The van der Waals surface area contributed by atoms with Gasteiger partial charge < -0.3 is 20.2 Å². The summed E-state index contributed by atoms with van der Waals surface area (Å²) in [6.07, 6.45) is 2.48. The van der Waals surface area contributed by atoms with E-state index in [0.29, 0.717) is 19.0 Å². The number of hydrogen-bond donors (Lipinski definition) is 3. The van der Waals surface area contributed by atoms with Crippen molar-refractivity contribution in [2.45, 2.75) is 25.5 Å². The van der Waals surface area contributed by atoms with Crippen LogP contribution in [-0.4, -0.2) is 41.3 Å². The van der Waals surface area contributed by atoms with Crippen LogP contribution >= 0.6 is 11.8 Å². The van der Waals surface area contributed by atoms with Crippen LogP contribution in [0, 0.1) is 0 Å². The molecule has 0 bridgehead atoms. The molecule has 1 saturated heterocycles. The summed E-state index contributed by atoms with van der Waals surface area (Å²) >= 11 is 1.79. The minimum atomic E-state index is -0.606. The van der Waals surface area contributed by atoms with Crippen LogP contribution in [0.15, 0.2) is 27.8 Å². The SMILES string of the molecule is CCNC(=NCc1ccco1)NCC1(O)CCSC1. The summed E-state index contributed by atoms with van der Waals surface area (Å²) in [5.41, 5.74) is -0.606. The van der Waals surface area contributed by atoms with Gasteiger partial charge in [-0.25, -0.2) is 4.99 Å². The molecule has 0 saturated carbocycles. The number of furan rings is 1. The Kier molecular flexibility index (Phi) is 5.15. The Labute approximate surface area is 117 Å². The van der Waals surface area contributed by atoms with Crippen LogP contribution in [0.25, 0.3) is 0 Å². The predicted molar refractivity (Wildman–Crippen MR) is 78.4 cm³/mol. The minimum absolute atomic E-state index is 0.496. The Hall–Kier alpha value is -1.14. The maximum Gasteiger partial charge on any atom is 0.191 e. The standard InChI is InChI=1S/C13H21N3O2S/c1-2-14-12(15-8-11-4-3-6-18-11)16-9-13(17)5-7-19-10-13/h3-4,6,17H,2,5,7-10H2,1H3,(H2,14,15,16). The second-order valence-electron chi connectivity index (χ2n) is 4.66. The largest absolute Gasteiger partial charge is 0.467 e. The van der Waals surface area contributed by atoms with Gasteiger partial charge in [0.25, 0.3) is 0 Å². The van der Waals surface area contributed by atoms with Gasteiger partial charge in [0.15, 0.2) is 5.96 Å². The van der Waals surface area contributed by atoms with Crippen molar-refractivity contribution in [3.63, 3.8) is 0 Å². The molecule has 1 aliphatic heterocycles. The van der Waals surface area contributed by atoms with E-state index in [-0.39, 0.29) is 0 Å². The topological polar surface area (TPSA) is 69.8 Å². The highest BCUT2D eigenvalue weighted by atomic mass is 32.2. The lowest BCUT2D eigenvalue weighted by atomic mass is 10.0. The molecule has 1 unspecified atom stereocenters. The fraction of sp³-hybridized carbons (Fsp3) is 0.615. The van der Waals surface area contributed by atoms with Crippen LogP contribution in [0.2, 0.25) is 0 Å². The van der Waals surface area contributed by atoms with Crippen molar-refractivity contribution in [3.8, 4) is 0 Å². The number of aliphatic imine (C=N–C) groups is 1. The van der Waals surface area contributed by atoms with E-state index < -0.39 is 5.60 Å². The van der Waals surface area contributed by atoms with Gasteiger partial charge in [-0.3, -0.25) is 0 Å². The molecule has 1 atom stereocenters. The number of aliphatic hydroxyl groups is 1. The van der Waals surface area contributed by atoms with Crippen LogP contribution in [-0.2, 0) is 6.54 Å². The summed E-state index contributed by atoms with van der Waals surface area (Å²) in [5, 5.41) is 16.6. The van der Waals surface area contributed by atoms with Crippen molar-refractivity contribution in [1.29, 1.82) is 0 Å². The first-order valence-corrected chi connectivity index (χ1v) is 7.72. The molecule has 1 aromatic heterocycles. The summed E-state index contributed by atoms with van der Waals surface area (Å²) in [6.45, 7) is 3.83. The quantitative estimate of drug-likeness (QED) is 0.559. The third kappa shape index (κ3) is 4.47. The second kappa shape index (κ2) is 6.86. The highest BCUT2D eigenvalue weighted by molar-refractivity contribution is 7.99. The van der Waals surface area contributed by atoms with Gasteiger partial charge in [0.05, 0.1) is 11.9 Å². The van der Waals surface area contributed by atoms with E-state index in [2.05, 4.69) is 15.6 Å². The zero-order chi connectivity index (χ0) is 13.6. The van der Waals surface area contributed by atoms with Gasteiger partial charge in [-0.1, -0.05) is 0 Å². The number of nitrogens with one attached hydrogen (secondary N) is 2. The number of rotatable bonds is 5. The molecule has 0 aliphatic carbocycles. The minimum Gasteiger partial charge on any atom is -0.467 e. The normalized spacial score (nSPS) is 23.6. The Morgan fingerprint density at radius 3 is 3.11 bits per heavy atom. The van der Waals surface area contributed by atoms with E-state index in [1.54, 1.807) is 18.0 Å². The van der Waals surface area contributed by atoms with Crippen molar-refractivity contribution in [2.24, 2.45) is 4.99 Å². The molecule has 0 amide bonds. The molecule has 5 nitrogen and oxygen atoms in total. The van der Waals surface area contributed by atoms with Crippen molar-refractivity contribution in [1.82, 2.24) is 10.6 Å². The first-order valence-electron chi connectivity index (χ1n) is 6.56. The Morgan fingerprint density at radius 1 is 1.58 bits per heavy atom. The molecule has 3 N–H and O–H groups in total. The number of thioether (sulfide) groups is 1. The fourth-order valence-corrected chi connectivity index (χ4v) is 3.18. The number of nitrogens with zero attached hydrogens (tertiary/aromatic N) is 1. The Balaban J connectivity index is 1.86. The third-order valence-electron chi connectivity index (χ3n) is 2.98. The van der Waals surface area contributed by atoms with Crippen LogP contribution in [0.1, 0.15) is 19.1 Å². The molecular formula is C13H21N3O2S. The van der Waals surface area contributed by atoms with Gasteiger partial charge in [-0.15, -0.1) is 0 Å². The average Bonchev–Trinajstić information content (AvgIpc) is 3.05. The lowest BCUT2D eigenvalue weighted by molar-refractivity contribution is 0.0724. The second-order valence-corrected chi connectivity index (χ2v) is 5.76. The zero-order valence-corrected chi connectivity index (χ0v) is 12.0. The van der Waals surface area contributed by atoms with E-state index in [9.17, 15) is 5.11 Å². The van der Waals surface area contributed by atoms with E-state index in [1.807, 2.05) is 19.1 Å². The summed E-state index contributed by atoms with van der Waals surface area (Å²) in [4.78, 5) is 4.43. The monoisotopic (exact) mass is 283 g/mol. The Morgan fingerprint density at radius 2 is 2.47 bits per heavy atom. The van der Waals surface area contributed by atoms with E-state index >= 15 is 0 Å². The Bertz CT molecular complexity index is 400. The predicted octanol–water partition coefficient (Wildman–Crippen LogP) is 1.20. The molecule has 0 radical (unpaired) electrons. The summed E-state index contributed by atoms with van der Waals surface area (Å²) in [6, 6.07) is 3.75. The van der Waals surface area contributed by atoms with Gasteiger partial charge in [-0.05, 0) is 31.2 Å². The molecule has 6 heteroatoms. The smallest absolute Gasteiger partial charge is 0.191 e. The molecule has 19 heavy (non-hydrogen) atoms. The number of guanidine groups is 1. The summed E-state index contributed by atoms with van der Waals surface area (Å²) in [5.74, 6) is 3.35. The third-order valence-corrected chi connectivity index (χ3v) is 4.22. The maximum atomic E-state index is 10.3. The molecule has 1 aliphatic rings. The van der Waals surface area contributed by atoms with E-state index in [0.717, 1.165) is 30.2 Å². The van der Waals surface area contributed by atoms with Crippen LogP contribution in [0.4, 0.5) is 0 Å². The van der Waals surface area contributed by atoms with Gasteiger partial charge in [0, 0.05) is 18.8 Å². The van der Waals surface area contributed by atoms with Gasteiger partial charge >= 0.3 is 0 Å². The van der Waals surface area contributed by atoms with Crippen LogP contribution in [0.5, 0.6) is 0 Å². The average molecular weight is 283 g/mol. The van der Waals surface area contributed by atoms with Crippen LogP contribution in [0.3, 0.4) is 0 Å². The fourth-order valence-electron chi connectivity index (χ4n) is 1.89. The van der Waals surface area contributed by atoms with Gasteiger partial charge in [-0.2, -0.15) is 11.8 Å². The highest BCUT2D eigenvalue weighted by Crippen LogP contribution is 2.26. The molecule has 1 aromatic rings. The molecule has 2 rings (SSSR count). The van der Waals surface area contributed by atoms with Crippen LogP contribution < -0.4 is 10.6 Å². The summed E-state index contributed by atoms with van der Waals surface area (Å²) < 4.78 is 5.24. The molecule has 0 aromatic carbocycles. The van der Waals surface area contributed by atoms with Crippen molar-refractivity contribution < 1.29 is 9.52 Å². The first-order chi connectivity index (χ1) is 9.22. The molecule has 106 valence electrons. The van der Waals surface area contributed by atoms with Gasteiger partial charge in [0.2, 0.25) is 0 Å². The molecular weight excluding hydrogens is 262 g/mol. The molecule has 2 heterocycles. The van der Waals surface area contributed by atoms with Crippen molar-refractivity contribution in [3.05, 3.63) is 24.2 Å². The van der Waals surface area contributed by atoms with E-state index in [4.69, 9.17) is 4.42 Å². The maximum absolute atomic E-state index is 10.3. The first kappa shape index (κ1) is 14.3. The zero-order valence-electron chi connectivity index (χ0n) is 11.2. The highest BCUT2D eigenvalue weighted by Gasteiger charge is 2.31.